The molecule has 124 valence electrons. The standard InChI is InChI=1S/C12H23N3O4S.HI/c1-4-13-12(14-7-9(2)11(16)19-3)15-10-5-6-20(17,18)8-10;/h9-10H,4-8H2,1-3H3,(H2,13,14,15);1H. The molecule has 1 heterocycles. The van der Waals surface area contributed by atoms with Crippen LogP contribution < -0.4 is 10.6 Å². The highest BCUT2D eigenvalue weighted by Crippen LogP contribution is 2.11. The van der Waals surface area contributed by atoms with E-state index in [-0.39, 0.29) is 53.4 Å². The van der Waals surface area contributed by atoms with Crippen LogP contribution >= 0.6 is 24.0 Å². The molecule has 2 atom stereocenters. The minimum Gasteiger partial charge on any atom is -0.469 e. The van der Waals surface area contributed by atoms with Crippen molar-refractivity contribution < 1.29 is 17.9 Å². The molecule has 2 unspecified atom stereocenters. The van der Waals surface area contributed by atoms with Crippen molar-refractivity contribution in [1.82, 2.24) is 10.6 Å². The molecule has 1 saturated heterocycles. The second kappa shape index (κ2) is 9.44. The maximum atomic E-state index is 11.4. The number of methoxy groups -OCH3 is 1. The highest BCUT2D eigenvalue weighted by Gasteiger charge is 2.28. The Kier molecular flexibility index (Phi) is 9.18. The molecule has 0 aromatic rings. The van der Waals surface area contributed by atoms with Gasteiger partial charge in [0.05, 0.1) is 31.1 Å². The lowest BCUT2D eigenvalue weighted by molar-refractivity contribution is -0.144. The maximum Gasteiger partial charge on any atom is 0.310 e. The molecule has 0 aromatic heterocycles. The molecule has 7 nitrogen and oxygen atoms in total. The van der Waals surface area contributed by atoms with Crippen molar-refractivity contribution in [3.05, 3.63) is 0 Å². The first-order valence-corrected chi connectivity index (χ1v) is 8.53. The first-order valence-electron chi connectivity index (χ1n) is 6.71. The summed E-state index contributed by atoms with van der Waals surface area (Å²) in [7, 11) is -1.58. The summed E-state index contributed by atoms with van der Waals surface area (Å²) >= 11 is 0. The Balaban J connectivity index is 0.00000400. The number of carbonyl (C=O) groups excluding carboxylic acids is 1. The third-order valence-corrected chi connectivity index (χ3v) is 4.81. The minimum atomic E-state index is -2.92. The second-order valence-electron chi connectivity index (χ2n) is 4.89. The summed E-state index contributed by atoms with van der Waals surface area (Å²) in [4.78, 5) is 15.6. The fraction of sp³-hybridized carbons (Fsp3) is 0.833. The Hall–Kier alpha value is -0.580. The second-order valence-corrected chi connectivity index (χ2v) is 7.12. The van der Waals surface area contributed by atoms with Crippen molar-refractivity contribution in [2.45, 2.75) is 26.3 Å². The molecule has 1 aliphatic heterocycles. The van der Waals surface area contributed by atoms with Gasteiger partial charge < -0.3 is 15.4 Å². The van der Waals surface area contributed by atoms with Gasteiger partial charge in [0.25, 0.3) is 0 Å². The summed E-state index contributed by atoms with van der Waals surface area (Å²) in [6.45, 7) is 4.62. The zero-order chi connectivity index (χ0) is 15.2. The van der Waals surface area contributed by atoms with Crippen molar-refractivity contribution >= 4 is 45.7 Å². The summed E-state index contributed by atoms with van der Waals surface area (Å²) in [6, 6.07) is -0.119. The van der Waals surface area contributed by atoms with E-state index in [1.807, 2.05) is 6.92 Å². The Morgan fingerprint density at radius 3 is 2.62 bits per heavy atom. The van der Waals surface area contributed by atoms with E-state index in [0.29, 0.717) is 25.5 Å². The number of hydrogen-bond acceptors (Lipinski definition) is 5. The summed E-state index contributed by atoms with van der Waals surface area (Å²) in [6.07, 6.45) is 0.583. The van der Waals surface area contributed by atoms with Crippen LogP contribution in [-0.4, -0.2) is 58.1 Å². The molecular weight excluding hydrogens is 409 g/mol. The van der Waals surface area contributed by atoms with Crippen LogP contribution in [0.3, 0.4) is 0 Å². The Bertz CT molecular complexity index is 467. The van der Waals surface area contributed by atoms with E-state index < -0.39 is 9.84 Å². The number of nitrogens with zero attached hydrogens (tertiary/aromatic N) is 1. The number of esters is 1. The maximum absolute atomic E-state index is 11.4. The predicted molar refractivity (Wildman–Crippen MR) is 92.8 cm³/mol. The number of sulfone groups is 1. The third kappa shape index (κ3) is 7.30. The third-order valence-electron chi connectivity index (χ3n) is 3.04. The molecule has 0 aromatic carbocycles. The van der Waals surface area contributed by atoms with Gasteiger partial charge in [0.15, 0.2) is 15.8 Å². The van der Waals surface area contributed by atoms with Crippen LogP contribution in [0, 0.1) is 5.92 Å². The zero-order valence-electron chi connectivity index (χ0n) is 12.6. The van der Waals surface area contributed by atoms with E-state index in [1.165, 1.54) is 7.11 Å². The van der Waals surface area contributed by atoms with Gasteiger partial charge in [-0.25, -0.2) is 8.42 Å². The van der Waals surface area contributed by atoms with Crippen LogP contribution in [0.15, 0.2) is 4.99 Å². The molecule has 9 heteroatoms. The van der Waals surface area contributed by atoms with Crippen molar-refractivity contribution in [3.63, 3.8) is 0 Å². The van der Waals surface area contributed by atoms with E-state index in [0.717, 1.165) is 0 Å². The van der Waals surface area contributed by atoms with Crippen molar-refractivity contribution in [2.75, 3.05) is 31.7 Å². The number of aliphatic imine (C=N–C) groups is 1. The van der Waals surface area contributed by atoms with Gasteiger partial charge in [-0.2, -0.15) is 0 Å². The number of hydrogen-bond donors (Lipinski definition) is 2. The summed E-state index contributed by atoms with van der Waals surface area (Å²) in [5, 5.41) is 6.13. The lowest BCUT2D eigenvalue weighted by Crippen LogP contribution is -2.44. The zero-order valence-corrected chi connectivity index (χ0v) is 15.7. The summed E-state index contributed by atoms with van der Waals surface area (Å²) in [5.41, 5.74) is 0. The van der Waals surface area contributed by atoms with Crippen LogP contribution in [0.1, 0.15) is 20.3 Å². The van der Waals surface area contributed by atoms with Gasteiger partial charge in [0, 0.05) is 12.6 Å². The van der Waals surface area contributed by atoms with Gasteiger partial charge in [0.2, 0.25) is 0 Å². The molecule has 0 saturated carbocycles. The molecule has 0 radical (unpaired) electrons. The summed E-state index contributed by atoms with van der Waals surface area (Å²) < 4.78 is 27.5. The van der Waals surface area contributed by atoms with Gasteiger partial charge >= 0.3 is 5.97 Å². The lowest BCUT2D eigenvalue weighted by Gasteiger charge is -2.16. The number of rotatable bonds is 5. The molecule has 0 aliphatic carbocycles. The van der Waals surface area contributed by atoms with E-state index >= 15 is 0 Å². The molecule has 0 amide bonds. The molecule has 1 aliphatic rings. The van der Waals surface area contributed by atoms with Gasteiger partial charge in [-0.05, 0) is 13.3 Å². The normalized spacial score (nSPS) is 22.0. The first-order chi connectivity index (χ1) is 9.38. The van der Waals surface area contributed by atoms with Crippen LogP contribution in [0.2, 0.25) is 0 Å². The Labute approximate surface area is 143 Å². The average Bonchev–Trinajstić information content (AvgIpc) is 2.74. The highest BCUT2D eigenvalue weighted by molar-refractivity contribution is 14.0. The number of nitrogens with one attached hydrogen (secondary N) is 2. The Morgan fingerprint density at radius 2 is 2.14 bits per heavy atom. The van der Waals surface area contributed by atoms with Crippen LogP contribution in [0.25, 0.3) is 0 Å². The molecular formula is C12H24IN3O4S. The predicted octanol–water partition coefficient (Wildman–Crippen LogP) is 0.156. The first kappa shape index (κ1) is 20.4. The van der Waals surface area contributed by atoms with E-state index in [2.05, 4.69) is 20.4 Å². The fourth-order valence-electron chi connectivity index (χ4n) is 1.93. The molecule has 1 fully saturated rings. The topological polar surface area (TPSA) is 96.9 Å². The molecule has 1 rings (SSSR count). The van der Waals surface area contributed by atoms with Crippen LogP contribution in [-0.2, 0) is 19.4 Å². The van der Waals surface area contributed by atoms with Gasteiger partial charge in [-0.15, -0.1) is 24.0 Å². The van der Waals surface area contributed by atoms with Crippen molar-refractivity contribution in [2.24, 2.45) is 10.9 Å². The minimum absolute atomic E-state index is 0. The van der Waals surface area contributed by atoms with Gasteiger partial charge in [0.1, 0.15) is 0 Å². The van der Waals surface area contributed by atoms with Gasteiger partial charge in [-0.3, -0.25) is 9.79 Å². The SMILES string of the molecule is CCNC(=NCC(C)C(=O)OC)NC1CCS(=O)(=O)C1.I. The fourth-order valence-corrected chi connectivity index (χ4v) is 3.60. The number of guanidine groups is 1. The monoisotopic (exact) mass is 433 g/mol. The summed E-state index contributed by atoms with van der Waals surface area (Å²) in [5.74, 6) is 0.230. The molecule has 0 bridgehead atoms. The van der Waals surface area contributed by atoms with Crippen LogP contribution in [0.4, 0.5) is 0 Å². The van der Waals surface area contributed by atoms with E-state index in [9.17, 15) is 13.2 Å². The number of carbonyl (C=O) groups is 1. The van der Waals surface area contributed by atoms with E-state index in [1.54, 1.807) is 6.92 Å². The molecule has 0 spiro atoms. The number of halogens is 1. The Morgan fingerprint density at radius 1 is 1.48 bits per heavy atom. The molecule has 2 N–H and O–H groups in total. The van der Waals surface area contributed by atoms with Crippen molar-refractivity contribution in [1.29, 1.82) is 0 Å². The van der Waals surface area contributed by atoms with Crippen LogP contribution in [0.5, 0.6) is 0 Å². The average molecular weight is 433 g/mol. The van der Waals surface area contributed by atoms with E-state index in [4.69, 9.17) is 0 Å². The quantitative estimate of drug-likeness (QED) is 0.278. The smallest absolute Gasteiger partial charge is 0.310 e. The highest BCUT2D eigenvalue weighted by atomic mass is 127. The molecule has 21 heavy (non-hydrogen) atoms. The van der Waals surface area contributed by atoms with Gasteiger partial charge in [-0.1, -0.05) is 6.92 Å². The largest absolute Gasteiger partial charge is 0.469 e. The number of ether oxygens (including phenoxy) is 1. The van der Waals surface area contributed by atoms with Crippen molar-refractivity contribution in [3.8, 4) is 0 Å². The lowest BCUT2D eigenvalue weighted by atomic mass is 10.2.